The van der Waals surface area contributed by atoms with E-state index in [2.05, 4.69) is 0 Å². The van der Waals surface area contributed by atoms with Crippen molar-refractivity contribution in [3.8, 4) is 6.07 Å². The third-order valence-corrected chi connectivity index (χ3v) is 1.19. The molecule has 0 aromatic heterocycles. The summed E-state index contributed by atoms with van der Waals surface area (Å²) < 4.78 is 4.71. The lowest BCUT2D eigenvalue weighted by atomic mass is 10.4. The van der Waals surface area contributed by atoms with Gasteiger partial charge < -0.3 is 4.74 Å². The lowest BCUT2D eigenvalue weighted by Gasteiger charge is -1.84. The summed E-state index contributed by atoms with van der Waals surface area (Å²) in [5, 5.41) is 7.65. The highest BCUT2D eigenvalue weighted by Crippen LogP contribution is 2.17. The number of hydrogen-bond donors (Lipinski definition) is 0. The van der Waals surface area contributed by atoms with Crippen LogP contribution in [0.1, 0.15) is 0 Å². The van der Waals surface area contributed by atoms with E-state index in [1.54, 1.807) is 0 Å². The van der Waals surface area contributed by atoms with Crippen molar-refractivity contribution in [2.45, 2.75) is 11.5 Å². The Morgan fingerprint density at radius 3 is 2.71 bits per heavy atom. The summed E-state index contributed by atoms with van der Waals surface area (Å²) in [7, 11) is 0. The second-order valence-corrected chi connectivity index (χ2v) is 1.87. The average Bonchev–Trinajstić information content (AvgIpc) is 2.44. The normalized spacial score (nSPS) is 31.1. The summed E-state index contributed by atoms with van der Waals surface area (Å²) in [6.07, 6.45) is 0.0201. The summed E-state index contributed by atoms with van der Waals surface area (Å²) in [6, 6.07) is 1.87. The van der Waals surface area contributed by atoms with Gasteiger partial charge in [-0.25, -0.2) is 0 Å². The molecule has 0 unspecified atom stereocenters. The lowest BCUT2D eigenvalue weighted by molar-refractivity contribution is 0.414. The monoisotopic (exact) mass is 117 g/mol. The zero-order chi connectivity index (χ0) is 5.28. The summed E-state index contributed by atoms with van der Waals surface area (Å²) in [6.45, 7) is 0.654. The molecule has 0 amide bonds. The van der Waals surface area contributed by atoms with Crippen molar-refractivity contribution < 1.29 is 4.74 Å². The maximum absolute atomic E-state index is 8.08. The molecule has 38 valence electrons. The van der Waals surface area contributed by atoms with Crippen LogP contribution in [0.2, 0.25) is 0 Å². The Morgan fingerprint density at radius 2 is 2.57 bits per heavy atom. The van der Waals surface area contributed by atoms with Crippen molar-refractivity contribution in [2.75, 3.05) is 6.61 Å². The van der Waals surface area contributed by atoms with Gasteiger partial charge in [-0.05, 0) is 0 Å². The van der Waals surface area contributed by atoms with Crippen LogP contribution in [0.15, 0.2) is 0 Å². The van der Waals surface area contributed by atoms with E-state index in [1.807, 2.05) is 6.07 Å². The topological polar surface area (TPSA) is 36.3 Å². The molecule has 1 aliphatic rings. The first-order valence-corrected chi connectivity index (χ1v) is 2.43. The highest BCUT2D eigenvalue weighted by molar-refractivity contribution is 6.22. The van der Waals surface area contributed by atoms with Crippen molar-refractivity contribution in [1.82, 2.24) is 0 Å². The number of halogens is 1. The minimum absolute atomic E-state index is 0.0201. The van der Waals surface area contributed by atoms with Gasteiger partial charge in [0.05, 0.1) is 12.7 Å². The molecule has 1 saturated heterocycles. The Bertz CT molecular complexity index is 105. The van der Waals surface area contributed by atoms with Crippen LogP contribution < -0.4 is 0 Å². The van der Waals surface area contributed by atoms with Gasteiger partial charge in [0.1, 0.15) is 11.5 Å². The predicted molar refractivity (Wildman–Crippen MR) is 25.0 cm³/mol. The van der Waals surface area contributed by atoms with Gasteiger partial charge in [-0.15, -0.1) is 11.6 Å². The van der Waals surface area contributed by atoms with E-state index in [1.165, 1.54) is 0 Å². The smallest absolute Gasteiger partial charge is 0.148 e. The number of alkyl halides is 1. The van der Waals surface area contributed by atoms with Gasteiger partial charge in [0, 0.05) is 0 Å². The molecule has 0 aromatic carbocycles. The van der Waals surface area contributed by atoms with Crippen molar-refractivity contribution in [1.29, 1.82) is 5.26 Å². The maximum Gasteiger partial charge on any atom is 0.148 e. The largest absolute Gasteiger partial charge is 0.370 e. The van der Waals surface area contributed by atoms with Crippen LogP contribution in [-0.4, -0.2) is 18.1 Å². The molecule has 3 heteroatoms. The van der Waals surface area contributed by atoms with E-state index >= 15 is 0 Å². The third kappa shape index (κ3) is 1.05. The Morgan fingerprint density at radius 1 is 2.00 bits per heavy atom. The third-order valence-electron chi connectivity index (χ3n) is 0.809. The number of nitriles is 1. The second kappa shape index (κ2) is 1.69. The fraction of sp³-hybridized carbons (Fsp3) is 0.750. The van der Waals surface area contributed by atoms with E-state index in [9.17, 15) is 0 Å². The Labute approximate surface area is 46.6 Å². The summed E-state index contributed by atoms with van der Waals surface area (Å²) in [5.41, 5.74) is 0. The molecular weight excluding hydrogens is 114 g/mol. The molecule has 0 bridgehead atoms. The minimum atomic E-state index is -0.431. The van der Waals surface area contributed by atoms with Crippen LogP contribution in [0, 0.1) is 11.3 Å². The maximum atomic E-state index is 8.08. The Balaban J connectivity index is 2.27. The fourth-order valence-corrected chi connectivity index (χ4v) is 0.453. The first-order valence-electron chi connectivity index (χ1n) is 2.00. The molecule has 0 spiro atoms. The van der Waals surface area contributed by atoms with Gasteiger partial charge in [-0.1, -0.05) is 0 Å². The summed E-state index contributed by atoms with van der Waals surface area (Å²) in [5.74, 6) is 0. The number of ether oxygens (including phenoxy) is 1. The Hall–Kier alpha value is -0.260. The van der Waals surface area contributed by atoms with Crippen LogP contribution >= 0.6 is 11.6 Å². The van der Waals surface area contributed by atoms with Gasteiger partial charge in [-0.3, -0.25) is 0 Å². The van der Waals surface area contributed by atoms with Crippen molar-refractivity contribution in [2.24, 2.45) is 0 Å². The fourth-order valence-electron chi connectivity index (χ4n) is 0.308. The zero-order valence-corrected chi connectivity index (χ0v) is 4.35. The van der Waals surface area contributed by atoms with E-state index in [0.29, 0.717) is 6.61 Å². The zero-order valence-electron chi connectivity index (χ0n) is 3.60. The molecular formula is C4H4ClNO. The number of rotatable bonds is 1. The van der Waals surface area contributed by atoms with E-state index in [0.717, 1.165) is 0 Å². The Kier molecular flexibility index (Phi) is 1.18. The van der Waals surface area contributed by atoms with Crippen LogP contribution in [0.5, 0.6) is 0 Å². The molecule has 7 heavy (non-hydrogen) atoms. The van der Waals surface area contributed by atoms with Gasteiger partial charge in [0.15, 0.2) is 0 Å². The summed E-state index contributed by atoms with van der Waals surface area (Å²) in [4.78, 5) is 0. The van der Waals surface area contributed by atoms with Gasteiger partial charge >= 0.3 is 0 Å². The number of hydrogen-bond acceptors (Lipinski definition) is 2. The number of nitrogens with zero attached hydrogens (tertiary/aromatic N) is 1. The van der Waals surface area contributed by atoms with Gasteiger partial charge in [0.2, 0.25) is 0 Å². The molecule has 1 rings (SSSR count). The first-order chi connectivity index (χ1) is 3.34. The van der Waals surface area contributed by atoms with E-state index in [-0.39, 0.29) is 6.10 Å². The summed E-state index contributed by atoms with van der Waals surface area (Å²) >= 11 is 5.38. The molecule has 0 aromatic rings. The van der Waals surface area contributed by atoms with Crippen molar-refractivity contribution in [3.63, 3.8) is 0 Å². The molecule has 2 nitrogen and oxygen atoms in total. The minimum Gasteiger partial charge on any atom is -0.370 e. The average molecular weight is 118 g/mol. The molecule has 0 saturated carbocycles. The standard InChI is InChI=1S/C4H4ClNO/c5-3(1-6)4-2-7-4/h3-4H,2H2/t3-,4+/m1/s1. The predicted octanol–water partition coefficient (Wildman–Crippen LogP) is 0.516. The molecule has 0 radical (unpaired) electrons. The molecule has 2 atom stereocenters. The van der Waals surface area contributed by atoms with Crippen LogP contribution in [-0.2, 0) is 4.74 Å². The highest BCUT2D eigenvalue weighted by Gasteiger charge is 2.30. The van der Waals surface area contributed by atoms with Crippen molar-refractivity contribution in [3.05, 3.63) is 0 Å². The van der Waals surface area contributed by atoms with Crippen LogP contribution in [0.3, 0.4) is 0 Å². The quantitative estimate of drug-likeness (QED) is 0.371. The molecule has 1 fully saturated rings. The first kappa shape index (κ1) is 4.89. The SMILES string of the molecule is N#C[C@@H](Cl)[C@@H]1CO1. The van der Waals surface area contributed by atoms with Crippen LogP contribution in [0.25, 0.3) is 0 Å². The van der Waals surface area contributed by atoms with E-state index in [4.69, 9.17) is 21.6 Å². The van der Waals surface area contributed by atoms with E-state index < -0.39 is 5.38 Å². The van der Waals surface area contributed by atoms with Gasteiger partial charge in [0.25, 0.3) is 0 Å². The lowest BCUT2D eigenvalue weighted by Crippen LogP contribution is -2.01. The second-order valence-electron chi connectivity index (χ2n) is 1.40. The molecule has 0 aliphatic carbocycles. The number of epoxide rings is 1. The van der Waals surface area contributed by atoms with Crippen molar-refractivity contribution >= 4 is 11.6 Å². The highest BCUT2D eigenvalue weighted by atomic mass is 35.5. The molecule has 0 N–H and O–H groups in total. The van der Waals surface area contributed by atoms with Crippen LogP contribution in [0.4, 0.5) is 0 Å². The van der Waals surface area contributed by atoms with Gasteiger partial charge in [-0.2, -0.15) is 5.26 Å². The molecule has 1 heterocycles. The molecule has 1 aliphatic heterocycles.